The predicted octanol–water partition coefficient (Wildman–Crippen LogP) is 2.04. The maximum absolute atomic E-state index is 12.0. The zero-order chi connectivity index (χ0) is 14.5. The molecule has 1 aromatic heterocycles. The third-order valence-electron chi connectivity index (χ3n) is 2.57. The van der Waals surface area contributed by atoms with Gasteiger partial charge >= 0.3 is 5.97 Å². The van der Waals surface area contributed by atoms with Crippen molar-refractivity contribution < 1.29 is 19.4 Å². The number of carboxylic acid groups (broad SMARTS) is 1. The SMILES string of the molecule is COc1cccc(NC(=O)c2ccnc(C(=O)O)c2)c1. The molecule has 20 heavy (non-hydrogen) atoms. The second-order valence-corrected chi connectivity index (χ2v) is 3.92. The molecule has 2 N–H and O–H groups in total. The van der Waals surface area contributed by atoms with E-state index in [1.54, 1.807) is 24.3 Å². The number of carboxylic acids is 1. The fourth-order valence-electron chi connectivity index (χ4n) is 1.59. The van der Waals surface area contributed by atoms with Gasteiger partial charge in [0.15, 0.2) is 0 Å². The maximum Gasteiger partial charge on any atom is 0.354 e. The summed E-state index contributed by atoms with van der Waals surface area (Å²) in [6.45, 7) is 0. The molecule has 0 bridgehead atoms. The zero-order valence-corrected chi connectivity index (χ0v) is 10.7. The van der Waals surface area contributed by atoms with Crippen molar-refractivity contribution in [3.05, 3.63) is 53.9 Å². The van der Waals surface area contributed by atoms with Gasteiger partial charge in [-0.15, -0.1) is 0 Å². The van der Waals surface area contributed by atoms with Gasteiger partial charge in [0.1, 0.15) is 11.4 Å². The quantitative estimate of drug-likeness (QED) is 0.889. The van der Waals surface area contributed by atoms with Crippen molar-refractivity contribution in [1.82, 2.24) is 4.98 Å². The van der Waals surface area contributed by atoms with E-state index in [4.69, 9.17) is 9.84 Å². The number of benzene rings is 1. The van der Waals surface area contributed by atoms with Gasteiger partial charge in [-0.25, -0.2) is 9.78 Å². The standard InChI is InChI=1S/C14H12N2O4/c1-20-11-4-2-3-10(8-11)16-13(17)9-5-6-15-12(7-9)14(18)19/h2-8H,1H3,(H,16,17)(H,18,19). The Kier molecular flexibility index (Phi) is 3.95. The van der Waals surface area contributed by atoms with E-state index in [-0.39, 0.29) is 11.3 Å². The second-order valence-electron chi connectivity index (χ2n) is 3.92. The topological polar surface area (TPSA) is 88.5 Å². The molecule has 0 fully saturated rings. The van der Waals surface area contributed by atoms with Crippen LogP contribution in [0.2, 0.25) is 0 Å². The lowest BCUT2D eigenvalue weighted by atomic mass is 10.2. The molecule has 6 heteroatoms. The number of hydrogen-bond donors (Lipinski definition) is 2. The molecule has 1 heterocycles. The molecule has 1 amide bonds. The molecule has 0 saturated heterocycles. The first-order chi connectivity index (χ1) is 9.60. The second kappa shape index (κ2) is 5.83. The average molecular weight is 272 g/mol. The van der Waals surface area contributed by atoms with E-state index in [9.17, 15) is 9.59 Å². The van der Waals surface area contributed by atoms with Crippen LogP contribution >= 0.6 is 0 Å². The number of amides is 1. The fourth-order valence-corrected chi connectivity index (χ4v) is 1.59. The first-order valence-electron chi connectivity index (χ1n) is 5.75. The third-order valence-corrected chi connectivity index (χ3v) is 2.57. The van der Waals surface area contributed by atoms with Crippen LogP contribution in [0.1, 0.15) is 20.8 Å². The summed E-state index contributed by atoms with van der Waals surface area (Å²) < 4.78 is 5.05. The van der Waals surface area contributed by atoms with Gasteiger partial charge in [-0.05, 0) is 24.3 Å². The van der Waals surface area contributed by atoms with E-state index in [1.165, 1.54) is 25.4 Å². The molecule has 0 unspecified atom stereocenters. The van der Waals surface area contributed by atoms with Crippen LogP contribution in [0, 0.1) is 0 Å². The van der Waals surface area contributed by atoms with Crippen molar-refractivity contribution in [2.24, 2.45) is 0 Å². The number of ether oxygens (including phenoxy) is 1. The fraction of sp³-hybridized carbons (Fsp3) is 0.0714. The highest BCUT2D eigenvalue weighted by atomic mass is 16.5. The molecule has 0 saturated carbocycles. The molecule has 0 spiro atoms. The van der Waals surface area contributed by atoms with Gasteiger partial charge in [0.05, 0.1) is 7.11 Å². The van der Waals surface area contributed by atoms with Crippen LogP contribution < -0.4 is 10.1 Å². The average Bonchev–Trinajstić information content (AvgIpc) is 2.47. The lowest BCUT2D eigenvalue weighted by Crippen LogP contribution is -2.13. The molecule has 102 valence electrons. The molecular formula is C14H12N2O4. The minimum absolute atomic E-state index is 0.178. The van der Waals surface area contributed by atoms with Gasteiger partial charge in [0.25, 0.3) is 5.91 Å². The Morgan fingerprint density at radius 1 is 1.25 bits per heavy atom. The van der Waals surface area contributed by atoms with Crippen LogP contribution in [0.3, 0.4) is 0 Å². The van der Waals surface area contributed by atoms with Crippen LogP contribution in [-0.4, -0.2) is 29.1 Å². The molecule has 0 aliphatic carbocycles. The van der Waals surface area contributed by atoms with E-state index in [1.807, 2.05) is 0 Å². The number of anilines is 1. The number of rotatable bonds is 4. The number of carbonyl (C=O) groups excluding carboxylic acids is 1. The molecule has 1 aromatic carbocycles. The van der Waals surface area contributed by atoms with E-state index in [0.717, 1.165) is 0 Å². The first kappa shape index (κ1) is 13.5. The molecule has 2 rings (SSSR count). The Morgan fingerprint density at radius 3 is 2.75 bits per heavy atom. The zero-order valence-electron chi connectivity index (χ0n) is 10.7. The summed E-state index contributed by atoms with van der Waals surface area (Å²) in [5.74, 6) is -0.979. The maximum atomic E-state index is 12.0. The molecule has 0 radical (unpaired) electrons. The Labute approximate surface area is 115 Å². The number of pyridine rings is 1. The Balaban J connectivity index is 2.19. The summed E-state index contributed by atoms with van der Waals surface area (Å²) in [4.78, 5) is 26.5. The van der Waals surface area contributed by atoms with Crippen LogP contribution in [0.15, 0.2) is 42.6 Å². The molecule has 2 aromatic rings. The van der Waals surface area contributed by atoms with E-state index in [0.29, 0.717) is 11.4 Å². The number of hydrogen-bond acceptors (Lipinski definition) is 4. The normalized spacial score (nSPS) is 9.85. The number of methoxy groups -OCH3 is 1. The Morgan fingerprint density at radius 2 is 2.05 bits per heavy atom. The summed E-state index contributed by atoms with van der Waals surface area (Å²) in [5, 5.41) is 11.5. The number of nitrogens with one attached hydrogen (secondary N) is 1. The number of carbonyl (C=O) groups is 2. The van der Waals surface area contributed by atoms with Crippen molar-refractivity contribution in [2.75, 3.05) is 12.4 Å². The Bertz CT molecular complexity index is 655. The van der Waals surface area contributed by atoms with Crippen molar-refractivity contribution in [1.29, 1.82) is 0 Å². The number of aromatic nitrogens is 1. The highest BCUT2D eigenvalue weighted by molar-refractivity contribution is 6.05. The number of aromatic carboxylic acids is 1. The minimum atomic E-state index is -1.18. The monoisotopic (exact) mass is 272 g/mol. The summed E-state index contributed by atoms with van der Waals surface area (Å²) in [6, 6.07) is 9.53. The predicted molar refractivity (Wildman–Crippen MR) is 72.1 cm³/mol. The van der Waals surface area contributed by atoms with Crippen LogP contribution in [0.5, 0.6) is 5.75 Å². The van der Waals surface area contributed by atoms with Crippen molar-refractivity contribution in [3.63, 3.8) is 0 Å². The molecule has 0 aliphatic rings. The molecular weight excluding hydrogens is 260 g/mol. The van der Waals surface area contributed by atoms with E-state index < -0.39 is 11.9 Å². The van der Waals surface area contributed by atoms with Crippen LogP contribution in [-0.2, 0) is 0 Å². The van der Waals surface area contributed by atoms with Gasteiger partial charge in [0.2, 0.25) is 0 Å². The van der Waals surface area contributed by atoms with E-state index >= 15 is 0 Å². The molecule has 6 nitrogen and oxygen atoms in total. The minimum Gasteiger partial charge on any atom is -0.497 e. The van der Waals surface area contributed by atoms with Gasteiger partial charge in [0, 0.05) is 23.5 Å². The van der Waals surface area contributed by atoms with Gasteiger partial charge < -0.3 is 15.2 Å². The summed E-state index contributed by atoms with van der Waals surface area (Å²) >= 11 is 0. The summed E-state index contributed by atoms with van der Waals surface area (Å²) in [5.41, 5.74) is 0.603. The lowest BCUT2D eigenvalue weighted by Gasteiger charge is -2.07. The molecule has 0 atom stereocenters. The summed E-state index contributed by atoms with van der Waals surface area (Å²) in [6.07, 6.45) is 1.28. The third kappa shape index (κ3) is 3.11. The summed E-state index contributed by atoms with van der Waals surface area (Å²) in [7, 11) is 1.53. The number of nitrogens with zero attached hydrogens (tertiary/aromatic N) is 1. The van der Waals surface area contributed by atoms with Crippen molar-refractivity contribution in [3.8, 4) is 5.75 Å². The highest BCUT2D eigenvalue weighted by Gasteiger charge is 2.11. The van der Waals surface area contributed by atoms with Gasteiger partial charge in [-0.1, -0.05) is 6.07 Å². The van der Waals surface area contributed by atoms with Crippen LogP contribution in [0.25, 0.3) is 0 Å². The lowest BCUT2D eigenvalue weighted by molar-refractivity contribution is 0.0690. The van der Waals surface area contributed by atoms with Gasteiger partial charge in [-0.2, -0.15) is 0 Å². The highest BCUT2D eigenvalue weighted by Crippen LogP contribution is 2.17. The van der Waals surface area contributed by atoms with Crippen molar-refractivity contribution in [2.45, 2.75) is 0 Å². The van der Waals surface area contributed by atoms with Crippen LogP contribution in [0.4, 0.5) is 5.69 Å². The largest absolute Gasteiger partial charge is 0.497 e. The Hall–Kier alpha value is -2.89. The molecule has 0 aliphatic heterocycles. The first-order valence-corrected chi connectivity index (χ1v) is 5.75. The van der Waals surface area contributed by atoms with Crippen molar-refractivity contribution >= 4 is 17.6 Å². The van der Waals surface area contributed by atoms with E-state index in [2.05, 4.69) is 10.3 Å². The van der Waals surface area contributed by atoms with Gasteiger partial charge in [-0.3, -0.25) is 4.79 Å². The smallest absolute Gasteiger partial charge is 0.354 e.